The molecule has 0 N–H and O–H groups in total. The van der Waals surface area contributed by atoms with Crippen LogP contribution in [0.3, 0.4) is 0 Å². The Hall–Kier alpha value is -1.78. The van der Waals surface area contributed by atoms with Gasteiger partial charge in [-0.25, -0.2) is 9.59 Å². The largest absolute Gasteiger partial charge is 0.495 e. The molecule has 0 rings (SSSR count). The fourth-order valence-corrected chi connectivity index (χ4v) is 1.46. The van der Waals surface area contributed by atoms with Crippen molar-refractivity contribution in [1.29, 1.82) is 0 Å². The van der Waals surface area contributed by atoms with Gasteiger partial charge >= 0.3 is 11.9 Å². The zero-order chi connectivity index (χ0) is 16.1. The van der Waals surface area contributed by atoms with E-state index in [0.29, 0.717) is 12.4 Å². The minimum absolute atomic E-state index is 0.261. The average Bonchev–Trinajstić information content (AvgIpc) is 2.45. The number of unbranched alkanes of at least 4 members (excludes halogenated alkanes) is 3. The first kappa shape index (κ1) is 19.2. The fraction of sp³-hybridized carbons (Fsp3) is 0.625. The summed E-state index contributed by atoms with van der Waals surface area (Å²) in [5.74, 6) is -0.802. The van der Waals surface area contributed by atoms with Gasteiger partial charge in [0.2, 0.25) is 0 Å². The Morgan fingerprint density at radius 1 is 1.05 bits per heavy atom. The molecule has 1 atom stereocenters. The molecule has 0 aliphatic heterocycles. The number of esters is 2. The minimum atomic E-state index is -0.633. The lowest BCUT2D eigenvalue weighted by Crippen LogP contribution is -2.17. The molecule has 0 radical (unpaired) electrons. The van der Waals surface area contributed by atoms with Gasteiger partial charge in [-0.05, 0) is 20.3 Å². The topological polar surface area (TPSA) is 61.8 Å². The Labute approximate surface area is 126 Å². The highest BCUT2D eigenvalue weighted by Gasteiger charge is 2.12. The molecule has 0 bridgehead atoms. The van der Waals surface area contributed by atoms with E-state index < -0.39 is 18.0 Å². The van der Waals surface area contributed by atoms with Crippen LogP contribution in [0.1, 0.15) is 46.5 Å². The Kier molecular flexibility index (Phi) is 11.0. The van der Waals surface area contributed by atoms with Crippen LogP contribution in [0, 0.1) is 0 Å². The first-order valence-corrected chi connectivity index (χ1v) is 7.38. The number of carbonyl (C=O) groups is 2. The minimum Gasteiger partial charge on any atom is -0.495 e. The van der Waals surface area contributed by atoms with Crippen molar-refractivity contribution in [3.63, 3.8) is 0 Å². The third-order valence-corrected chi connectivity index (χ3v) is 2.67. The van der Waals surface area contributed by atoms with Crippen LogP contribution < -0.4 is 0 Å². The van der Waals surface area contributed by atoms with E-state index in [1.54, 1.807) is 13.8 Å². The van der Waals surface area contributed by atoms with E-state index in [-0.39, 0.29) is 6.61 Å². The molecule has 0 aliphatic rings. The highest BCUT2D eigenvalue weighted by atomic mass is 16.6. The second-order valence-corrected chi connectivity index (χ2v) is 4.54. The molecule has 0 fully saturated rings. The molecule has 0 saturated heterocycles. The number of rotatable bonds is 11. The van der Waals surface area contributed by atoms with Crippen molar-refractivity contribution >= 4 is 11.9 Å². The molecule has 0 aromatic rings. The van der Waals surface area contributed by atoms with Crippen molar-refractivity contribution in [1.82, 2.24) is 0 Å². The van der Waals surface area contributed by atoms with Crippen molar-refractivity contribution in [2.75, 3.05) is 13.2 Å². The smallest absolute Gasteiger partial charge is 0.331 e. The van der Waals surface area contributed by atoms with Crippen molar-refractivity contribution < 1.29 is 23.8 Å². The van der Waals surface area contributed by atoms with Crippen LogP contribution in [0.4, 0.5) is 0 Å². The quantitative estimate of drug-likeness (QED) is 0.254. The molecule has 120 valence electrons. The molecular formula is C16H26O5. The molecule has 1 unspecified atom stereocenters. The number of hydrogen-bond acceptors (Lipinski definition) is 5. The summed E-state index contributed by atoms with van der Waals surface area (Å²) in [5, 5.41) is 0. The molecule has 5 nitrogen and oxygen atoms in total. The van der Waals surface area contributed by atoms with Gasteiger partial charge in [0, 0.05) is 12.2 Å². The molecule has 5 heteroatoms. The van der Waals surface area contributed by atoms with Gasteiger partial charge in [-0.1, -0.05) is 32.8 Å². The summed E-state index contributed by atoms with van der Waals surface area (Å²) in [7, 11) is 0. The van der Waals surface area contributed by atoms with E-state index in [1.165, 1.54) is 12.8 Å². The van der Waals surface area contributed by atoms with Crippen LogP contribution >= 0.6 is 0 Å². The lowest BCUT2D eigenvalue weighted by atomic mass is 10.2. The van der Waals surface area contributed by atoms with Crippen molar-refractivity contribution in [3.05, 3.63) is 24.5 Å². The van der Waals surface area contributed by atoms with Gasteiger partial charge < -0.3 is 14.2 Å². The Morgan fingerprint density at radius 3 is 2.33 bits per heavy atom. The monoisotopic (exact) mass is 298 g/mol. The summed E-state index contributed by atoms with van der Waals surface area (Å²) < 4.78 is 15.1. The molecule has 0 spiro atoms. The Balaban J connectivity index is 3.94. The third kappa shape index (κ3) is 10.6. The molecule has 0 aliphatic carbocycles. The molecule has 0 aromatic heterocycles. The first-order valence-electron chi connectivity index (χ1n) is 7.38. The van der Waals surface area contributed by atoms with Gasteiger partial charge in [0.15, 0.2) is 6.10 Å². The molecule has 0 aromatic carbocycles. The SMILES string of the molecule is C=C(OCCCCCC)C(C)OC(=O)/C=C\C(=O)OCC. The molecule has 0 saturated carbocycles. The number of ether oxygens (including phenoxy) is 3. The highest BCUT2D eigenvalue weighted by Crippen LogP contribution is 2.08. The number of hydrogen-bond donors (Lipinski definition) is 0. The van der Waals surface area contributed by atoms with Crippen molar-refractivity contribution in [2.45, 2.75) is 52.6 Å². The Bertz CT molecular complexity index is 360. The Morgan fingerprint density at radius 2 is 1.71 bits per heavy atom. The predicted molar refractivity (Wildman–Crippen MR) is 80.6 cm³/mol. The maximum atomic E-state index is 11.5. The molecular weight excluding hydrogens is 272 g/mol. The van der Waals surface area contributed by atoms with Crippen molar-refractivity contribution in [2.24, 2.45) is 0 Å². The fourth-order valence-electron chi connectivity index (χ4n) is 1.46. The molecule has 0 heterocycles. The van der Waals surface area contributed by atoms with E-state index in [0.717, 1.165) is 25.0 Å². The third-order valence-electron chi connectivity index (χ3n) is 2.67. The van der Waals surface area contributed by atoms with Gasteiger partial charge in [-0.3, -0.25) is 0 Å². The summed E-state index contributed by atoms with van der Waals surface area (Å²) in [5.41, 5.74) is 0. The van der Waals surface area contributed by atoms with Crippen LogP contribution in [0.2, 0.25) is 0 Å². The summed E-state index contributed by atoms with van der Waals surface area (Å²) in [6.07, 6.45) is 5.92. The molecule has 0 amide bonds. The van der Waals surface area contributed by atoms with Gasteiger partial charge in [-0.2, -0.15) is 0 Å². The summed E-state index contributed by atoms with van der Waals surface area (Å²) in [6.45, 7) is 10.1. The predicted octanol–water partition coefficient (Wildman–Crippen LogP) is 3.15. The van der Waals surface area contributed by atoms with E-state index >= 15 is 0 Å². The second-order valence-electron chi connectivity index (χ2n) is 4.54. The maximum Gasteiger partial charge on any atom is 0.331 e. The summed E-state index contributed by atoms with van der Waals surface area (Å²) in [6, 6.07) is 0. The van der Waals surface area contributed by atoms with E-state index in [4.69, 9.17) is 9.47 Å². The summed E-state index contributed by atoms with van der Waals surface area (Å²) >= 11 is 0. The van der Waals surface area contributed by atoms with E-state index in [1.807, 2.05) is 0 Å². The molecule has 21 heavy (non-hydrogen) atoms. The average molecular weight is 298 g/mol. The van der Waals surface area contributed by atoms with E-state index in [2.05, 4.69) is 18.2 Å². The normalized spacial score (nSPS) is 12.0. The van der Waals surface area contributed by atoms with Gasteiger partial charge in [0.25, 0.3) is 0 Å². The van der Waals surface area contributed by atoms with Gasteiger partial charge in [0.1, 0.15) is 5.76 Å². The van der Waals surface area contributed by atoms with Crippen LogP contribution in [0.15, 0.2) is 24.5 Å². The zero-order valence-corrected chi connectivity index (χ0v) is 13.2. The van der Waals surface area contributed by atoms with Gasteiger partial charge in [0.05, 0.1) is 13.2 Å². The highest BCUT2D eigenvalue weighted by molar-refractivity contribution is 5.91. The maximum absolute atomic E-state index is 11.5. The lowest BCUT2D eigenvalue weighted by molar-refractivity contribution is -0.143. The standard InChI is InChI=1S/C16H26O5/c1-5-7-8-9-12-20-13(3)14(4)21-16(18)11-10-15(17)19-6-2/h10-11,14H,3,5-9,12H2,1-2,4H3/b11-10-. The second kappa shape index (κ2) is 12.0. The zero-order valence-electron chi connectivity index (χ0n) is 13.2. The van der Waals surface area contributed by atoms with Crippen LogP contribution in [0.5, 0.6) is 0 Å². The van der Waals surface area contributed by atoms with Gasteiger partial charge in [-0.15, -0.1) is 0 Å². The van der Waals surface area contributed by atoms with E-state index in [9.17, 15) is 9.59 Å². The number of carbonyl (C=O) groups excluding carboxylic acids is 2. The van der Waals surface area contributed by atoms with Crippen LogP contribution in [0.25, 0.3) is 0 Å². The van der Waals surface area contributed by atoms with Crippen molar-refractivity contribution in [3.8, 4) is 0 Å². The summed E-state index contributed by atoms with van der Waals surface area (Å²) in [4.78, 5) is 22.5. The lowest BCUT2D eigenvalue weighted by Gasteiger charge is -2.15. The van der Waals surface area contributed by atoms with Crippen LogP contribution in [-0.4, -0.2) is 31.3 Å². The first-order chi connectivity index (χ1) is 10.0. The van der Waals surface area contributed by atoms with Crippen LogP contribution in [-0.2, 0) is 23.8 Å².